The highest BCUT2D eigenvalue weighted by atomic mass is 16.5. The average Bonchev–Trinajstić information content (AvgIpc) is 0.747. The molecule has 0 radical (unpaired) electrons. The minimum atomic E-state index is -0.0940. The maximum absolute atomic E-state index is 6.98. The van der Waals surface area contributed by atoms with Crippen LogP contribution in [0.15, 0.2) is 170 Å². The van der Waals surface area contributed by atoms with E-state index in [1.165, 1.54) is 224 Å². The van der Waals surface area contributed by atoms with Crippen molar-refractivity contribution in [2.75, 3.05) is 49.7 Å². The third-order valence-electron chi connectivity index (χ3n) is 23.2. The molecule has 9 rings (SSSR count). The van der Waals surface area contributed by atoms with Gasteiger partial charge in [0.05, 0.1) is 28.4 Å². The molecule has 0 aliphatic heterocycles. The van der Waals surface area contributed by atoms with Crippen LogP contribution in [-0.4, -0.2) is 28.4 Å². The van der Waals surface area contributed by atoms with Gasteiger partial charge < -0.3 is 40.2 Å². The summed E-state index contributed by atoms with van der Waals surface area (Å²) in [6.07, 6.45) is 48.7. The van der Waals surface area contributed by atoms with E-state index in [2.05, 4.69) is 219 Å². The molecule has 108 heavy (non-hydrogen) atoms. The Morgan fingerprint density at radius 2 is 0.370 bits per heavy atom. The Labute approximate surface area is 655 Å². The molecular formula is C100H140N4O4. The van der Waals surface area contributed by atoms with E-state index in [-0.39, 0.29) is 23.7 Å². The van der Waals surface area contributed by atoms with Crippen molar-refractivity contribution < 1.29 is 18.9 Å². The summed E-state index contributed by atoms with van der Waals surface area (Å²) in [7, 11) is 7.61. The molecule has 0 heterocycles. The zero-order valence-electron chi connectivity index (χ0n) is 68.4. The Bertz CT molecular complexity index is 3270. The summed E-state index contributed by atoms with van der Waals surface area (Å²) in [5.74, 6) is 3.18. The van der Waals surface area contributed by atoms with E-state index in [0.29, 0.717) is 0 Å². The Balaban J connectivity index is 1.38. The topological polar surface area (TPSA) is 85.0 Å². The molecule has 0 aromatic heterocycles. The summed E-state index contributed by atoms with van der Waals surface area (Å²) in [4.78, 5) is 0. The molecule has 8 bridgehead atoms. The monoisotopic (exact) mass is 1460 g/mol. The Kier molecular flexibility index (Phi) is 37.9. The van der Waals surface area contributed by atoms with Crippen LogP contribution < -0.4 is 40.2 Å². The first-order chi connectivity index (χ1) is 53.3. The third-order valence-corrected chi connectivity index (χ3v) is 23.2. The molecule has 0 saturated heterocycles. The molecule has 8 heteroatoms. The van der Waals surface area contributed by atoms with E-state index in [1.807, 2.05) is 28.4 Å². The van der Waals surface area contributed by atoms with E-state index in [4.69, 9.17) is 18.9 Å². The van der Waals surface area contributed by atoms with E-state index in [0.717, 1.165) is 146 Å². The highest BCUT2D eigenvalue weighted by Gasteiger charge is 2.35. The van der Waals surface area contributed by atoms with Crippen molar-refractivity contribution in [1.82, 2.24) is 0 Å². The van der Waals surface area contributed by atoms with Gasteiger partial charge in [0.1, 0.15) is 23.0 Å². The predicted molar refractivity (Wildman–Crippen MR) is 466 cm³/mol. The molecule has 4 atom stereocenters. The van der Waals surface area contributed by atoms with Gasteiger partial charge in [0.15, 0.2) is 0 Å². The fraction of sp³-hybridized carbons (Fsp3) is 0.520. The van der Waals surface area contributed by atoms with Crippen LogP contribution in [0.4, 0.5) is 45.5 Å². The maximum atomic E-state index is 6.98. The standard InChI is InChI=1S/C100H140N4O4/c1-9-13-17-21-25-29-33-37-53-65-81-85-69-90(98(106-6)73-93(85)101-77-57-45-41-46-58-77)83(67-55-39-35-31-27-23-19-15-11-3)87-71-92(100(108-8)75-95(87)103-79-61-49-43-50-62-79)84(68-56-40-36-32-28-24-20-16-12-4)88-72-91(99(107-7)76-96(88)104-80-63-51-44-52-64-80)82(66-54-38-34-30-26-22-18-14-10-2)86-70-89(81)97(105-5)74-94(86)102-78-59-47-42-48-60-78/h41-52,57-64,69-76,81-84,101-104H,9-40,53-56,65-68H2,1-8H3. The van der Waals surface area contributed by atoms with Gasteiger partial charge in [-0.2, -0.15) is 0 Å². The van der Waals surface area contributed by atoms with Gasteiger partial charge in [-0.25, -0.2) is 0 Å². The Morgan fingerprint density at radius 1 is 0.204 bits per heavy atom. The molecule has 8 nitrogen and oxygen atoms in total. The maximum Gasteiger partial charge on any atom is 0.124 e. The second-order valence-corrected chi connectivity index (χ2v) is 31.4. The fourth-order valence-corrected chi connectivity index (χ4v) is 17.1. The van der Waals surface area contributed by atoms with Gasteiger partial charge in [0.25, 0.3) is 0 Å². The van der Waals surface area contributed by atoms with Gasteiger partial charge in [-0.05, 0) is 121 Å². The number of nitrogens with one attached hydrogen (secondary N) is 4. The molecule has 0 spiro atoms. The van der Waals surface area contributed by atoms with Crippen LogP contribution in [-0.2, 0) is 0 Å². The Hall–Kier alpha value is -7.84. The lowest BCUT2D eigenvalue weighted by molar-refractivity contribution is 0.401. The van der Waals surface area contributed by atoms with Gasteiger partial charge >= 0.3 is 0 Å². The second kappa shape index (κ2) is 48.6. The highest BCUT2D eigenvalue weighted by Crippen LogP contribution is 2.54. The lowest BCUT2D eigenvalue weighted by Gasteiger charge is -2.33. The molecule has 0 fully saturated rings. The first-order valence-electron chi connectivity index (χ1n) is 43.5. The minimum Gasteiger partial charge on any atom is -0.496 e. The number of hydrogen-bond donors (Lipinski definition) is 4. The quantitative estimate of drug-likeness (QED) is 0.0281. The summed E-state index contributed by atoms with van der Waals surface area (Å²) in [6, 6.07) is 63.3. The van der Waals surface area contributed by atoms with Crippen LogP contribution >= 0.6 is 0 Å². The van der Waals surface area contributed by atoms with Crippen LogP contribution in [0.1, 0.15) is 353 Å². The molecule has 4 unspecified atom stereocenters. The van der Waals surface area contributed by atoms with Gasteiger partial charge in [-0.1, -0.05) is 332 Å². The molecule has 1 aliphatic carbocycles. The van der Waals surface area contributed by atoms with Gasteiger partial charge in [0.2, 0.25) is 0 Å². The summed E-state index contributed by atoms with van der Waals surface area (Å²) in [6.45, 7) is 9.28. The zero-order chi connectivity index (χ0) is 75.6. The smallest absolute Gasteiger partial charge is 0.124 e. The number of benzene rings is 8. The number of fused-ring (bicyclic) bond motifs is 8. The zero-order valence-corrected chi connectivity index (χ0v) is 68.4. The van der Waals surface area contributed by atoms with Crippen molar-refractivity contribution in [3.05, 3.63) is 214 Å². The van der Waals surface area contributed by atoms with Crippen LogP contribution in [0, 0.1) is 0 Å². The van der Waals surface area contributed by atoms with Crippen LogP contribution in [0.25, 0.3) is 0 Å². The Morgan fingerprint density at radius 3 is 0.537 bits per heavy atom. The average molecular weight is 1460 g/mol. The summed E-state index contributed by atoms with van der Waals surface area (Å²) in [5, 5.41) is 16.4. The van der Waals surface area contributed by atoms with E-state index in [1.54, 1.807) is 0 Å². The van der Waals surface area contributed by atoms with Crippen molar-refractivity contribution in [2.24, 2.45) is 0 Å². The van der Waals surface area contributed by atoms with E-state index < -0.39 is 0 Å². The van der Waals surface area contributed by atoms with Crippen LogP contribution in [0.5, 0.6) is 23.0 Å². The molecule has 8 aromatic carbocycles. The SMILES string of the molecule is CCCCCCCCCCCC1c2cc(c(OC)cc2Nc2ccccc2)C(CCCCCCCCCCC)c2cc(c(OC)cc2Nc2ccccc2)C(CCCCCCCCCCC)c2cc(c(OC)cc2Nc2ccccc2)C(CCCCCCCCCCC)c2cc1c(OC)cc2Nc1ccccc1. The lowest BCUT2D eigenvalue weighted by Crippen LogP contribution is -2.16. The molecular weight excluding hydrogens is 1320 g/mol. The highest BCUT2D eigenvalue weighted by molar-refractivity contribution is 5.77. The first kappa shape index (κ1) is 84.2. The molecule has 584 valence electrons. The number of unbranched alkanes of at least 4 members (excludes halogenated alkanes) is 32. The van der Waals surface area contributed by atoms with E-state index >= 15 is 0 Å². The number of ether oxygens (including phenoxy) is 4. The predicted octanol–water partition coefficient (Wildman–Crippen LogP) is 31.2. The largest absolute Gasteiger partial charge is 0.496 e. The molecule has 4 N–H and O–H groups in total. The number of anilines is 8. The summed E-state index contributed by atoms with van der Waals surface area (Å²) < 4.78 is 27.9. The van der Waals surface area contributed by atoms with Crippen molar-refractivity contribution >= 4 is 45.5 Å². The van der Waals surface area contributed by atoms with Crippen molar-refractivity contribution in [1.29, 1.82) is 0 Å². The van der Waals surface area contributed by atoms with E-state index in [9.17, 15) is 0 Å². The fourth-order valence-electron chi connectivity index (χ4n) is 17.1. The molecule has 8 aromatic rings. The van der Waals surface area contributed by atoms with Crippen molar-refractivity contribution in [3.63, 3.8) is 0 Å². The normalized spacial score (nSPS) is 14.7. The number of para-hydroxylation sites is 4. The second-order valence-electron chi connectivity index (χ2n) is 31.4. The first-order valence-corrected chi connectivity index (χ1v) is 43.5. The minimum absolute atomic E-state index is 0.0940. The van der Waals surface area contributed by atoms with Crippen LogP contribution in [0.3, 0.4) is 0 Å². The number of methoxy groups -OCH3 is 4. The number of rotatable bonds is 52. The van der Waals surface area contributed by atoms with Crippen molar-refractivity contribution in [3.8, 4) is 23.0 Å². The molecule has 0 amide bonds. The summed E-state index contributed by atoms with van der Waals surface area (Å²) in [5.41, 5.74) is 18.2. The molecule has 0 saturated carbocycles. The van der Waals surface area contributed by atoms with Gasteiger partial charge in [-0.3, -0.25) is 0 Å². The van der Waals surface area contributed by atoms with Crippen molar-refractivity contribution in [2.45, 2.75) is 308 Å². The van der Waals surface area contributed by atoms with Crippen LogP contribution in [0.2, 0.25) is 0 Å². The number of hydrogen-bond acceptors (Lipinski definition) is 8. The van der Waals surface area contributed by atoms with Gasteiger partial charge in [0, 0.05) is 116 Å². The lowest BCUT2D eigenvalue weighted by atomic mass is 9.75. The van der Waals surface area contributed by atoms with Gasteiger partial charge in [-0.15, -0.1) is 0 Å². The summed E-state index contributed by atoms with van der Waals surface area (Å²) >= 11 is 0. The third kappa shape index (κ3) is 26.2. The molecule has 1 aliphatic rings.